The van der Waals surface area contributed by atoms with Crippen molar-refractivity contribution in [3.63, 3.8) is 0 Å². The van der Waals surface area contributed by atoms with Gasteiger partial charge in [0, 0.05) is 11.9 Å². The Balaban J connectivity index is 1.73. The van der Waals surface area contributed by atoms with E-state index in [0.717, 1.165) is 18.5 Å². The molecular formula is C12H24BrNO. The van der Waals surface area contributed by atoms with Crippen LogP contribution in [0.25, 0.3) is 0 Å². The highest BCUT2D eigenvalue weighted by Gasteiger charge is 2.12. The molecule has 0 spiro atoms. The highest BCUT2D eigenvalue weighted by Crippen LogP contribution is 2.09. The average molecular weight is 278 g/mol. The molecule has 1 atom stereocenters. The van der Waals surface area contributed by atoms with Crippen LogP contribution in [-0.4, -0.2) is 24.7 Å². The van der Waals surface area contributed by atoms with E-state index >= 15 is 0 Å². The number of alkyl halides is 1. The van der Waals surface area contributed by atoms with Crippen molar-refractivity contribution in [2.75, 3.05) is 18.5 Å². The maximum Gasteiger partial charge on any atom is 0.108 e. The quantitative estimate of drug-likeness (QED) is 0.515. The van der Waals surface area contributed by atoms with Crippen molar-refractivity contribution >= 4 is 15.9 Å². The third-order valence-corrected chi connectivity index (χ3v) is 3.42. The van der Waals surface area contributed by atoms with Crippen LogP contribution in [0.5, 0.6) is 0 Å². The van der Waals surface area contributed by atoms with Gasteiger partial charge in [-0.05, 0) is 32.2 Å². The SMILES string of the molecule is BrCCCCCCCCOC1CCCN1. The molecule has 0 radical (unpaired) electrons. The van der Waals surface area contributed by atoms with E-state index < -0.39 is 0 Å². The van der Waals surface area contributed by atoms with Gasteiger partial charge in [0.15, 0.2) is 0 Å². The molecule has 1 heterocycles. The van der Waals surface area contributed by atoms with E-state index in [4.69, 9.17) is 4.74 Å². The van der Waals surface area contributed by atoms with Gasteiger partial charge in [-0.2, -0.15) is 0 Å². The summed E-state index contributed by atoms with van der Waals surface area (Å²) in [6, 6.07) is 0. The lowest BCUT2D eigenvalue weighted by atomic mass is 10.1. The maximum atomic E-state index is 5.71. The largest absolute Gasteiger partial charge is 0.363 e. The predicted octanol–water partition coefficient (Wildman–Crippen LogP) is 3.45. The van der Waals surface area contributed by atoms with Gasteiger partial charge in [0.05, 0.1) is 0 Å². The van der Waals surface area contributed by atoms with Crippen LogP contribution in [0.15, 0.2) is 0 Å². The number of hydrogen-bond acceptors (Lipinski definition) is 2. The Labute approximate surface area is 102 Å². The Morgan fingerprint density at radius 3 is 2.47 bits per heavy atom. The van der Waals surface area contributed by atoms with Gasteiger partial charge in [-0.1, -0.05) is 41.6 Å². The molecule has 1 unspecified atom stereocenters. The molecule has 0 aromatic carbocycles. The van der Waals surface area contributed by atoms with Crippen LogP contribution in [0.1, 0.15) is 51.4 Å². The van der Waals surface area contributed by atoms with E-state index in [2.05, 4.69) is 21.2 Å². The van der Waals surface area contributed by atoms with Gasteiger partial charge in [0.1, 0.15) is 6.23 Å². The predicted molar refractivity (Wildman–Crippen MR) is 68.5 cm³/mol. The van der Waals surface area contributed by atoms with Gasteiger partial charge in [-0.3, -0.25) is 5.32 Å². The Kier molecular flexibility index (Phi) is 8.63. The molecule has 0 aromatic rings. The fraction of sp³-hybridized carbons (Fsp3) is 1.00. The van der Waals surface area contributed by atoms with E-state index in [1.54, 1.807) is 0 Å². The second-order valence-electron chi connectivity index (χ2n) is 4.27. The molecule has 1 aliphatic rings. The van der Waals surface area contributed by atoms with E-state index in [9.17, 15) is 0 Å². The fourth-order valence-electron chi connectivity index (χ4n) is 1.92. The Morgan fingerprint density at radius 1 is 1.07 bits per heavy atom. The lowest BCUT2D eigenvalue weighted by molar-refractivity contribution is 0.0410. The van der Waals surface area contributed by atoms with Crippen molar-refractivity contribution in [3.8, 4) is 0 Å². The number of rotatable bonds is 9. The zero-order chi connectivity index (χ0) is 10.8. The van der Waals surface area contributed by atoms with E-state index in [-0.39, 0.29) is 0 Å². The molecule has 0 aliphatic carbocycles. The van der Waals surface area contributed by atoms with E-state index in [1.165, 1.54) is 51.4 Å². The second-order valence-corrected chi connectivity index (χ2v) is 5.06. The molecule has 0 amide bonds. The van der Waals surface area contributed by atoms with Crippen LogP contribution in [0.2, 0.25) is 0 Å². The Hall–Kier alpha value is 0.400. The summed E-state index contributed by atoms with van der Waals surface area (Å²) in [5.41, 5.74) is 0. The zero-order valence-corrected chi connectivity index (χ0v) is 11.2. The monoisotopic (exact) mass is 277 g/mol. The van der Waals surface area contributed by atoms with Gasteiger partial charge in [-0.15, -0.1) is 0 Å². The number of unbranched alkanes of at least 4 members (excludes halogenated alkanes) is 5. The molecule has 1 N–H and O–H groups in total. The van der Waals surface area contributed by atoms with Gasteiger partial charge in [-0.25, -0.2) is 0 Å². The van der Waals surface area contributed by atoms with Crippen molar-refractivity contribution < 1.29 is 4.74 Å². The molecule has 3 heteroatoms. The van der Waals surface area contributed by atoms with Gasteiger partial charge >= 0.3 is 0 Å². The normalized spacial score (nSPS) is 21.0. The fourth-order valence-corrected chi connectivity index (χ4v) is 2.32. The van der Waals surface area contributed by atoms with Crippen molar-refractivity contribution in [1.29, 1.82) is 0 Å². The first kappa shape index (κ1) is 13.5. The van der Waals surface area contributed by atoms with E-state index in [0.29, 0.717) is 6.23 Å². The summed E-state index contributed by atoms with van der Waals surface area (Å²) < 4.78 is 5.71. The minimum absolute atomic E-state index is 0.360. The van der Waals surface area contributed by atoms with Crippen molar-refractivity contribution in [3.05, 3.63) is 0 Å². The lowest BCUT2D eigenvalue weighted by Gasteiger charge is -2.11. The summed E-state index contributed by atoms with van der Waals surface area (Å²) >= 11 is 3.45. The van der Waals surface area contributed by atoms with Crippen LogP contribution in [0.3, 0.4) is 0 Å². The number of halogens is 1. The summed E-state index contributed by atoms with van der Waals surface area (Å²) in [6.45, 7) is 2.08. The first-order chi connectivity index (χ1) is 7.43. The van der Waals surface area contributed by atoms with Crippen LogP contribution >= 0.6 is 15.9 Å². The second kappa shape index (κ2) is 9.61. The van der Waals surface area contributed by atoms with Crippen LogP contribution < -0.4 is 5.32 Å². The average Bonchev–Trinajstić information content (AvgIpc) is 2.75. The molecule has 0 saturated carbocycles. The van der Waals surface area contributed by atoms with Gasteiger partial charge < -0.3 is 4.74 Å². The summed E-state index contributed by atoms with van der Waals surface area (Å²) in [5, 5.41) is 4.50. The molecule has 0 bridgehead atoms. The molecule has 1 saturated heterocycles. The first-order valence-electron chi connectivity index (χ1n) is 6.34. The molecular weight excluding hydrogens is 254 g/mol. The molecule has 1 fully saturated rings. The molecule has 1 aliphatic heterocycles. The highest BCUT2D eigenvalue weighted by molar-refractivity contribution is 9.09. The summed E-state index contributed by atoms with van der Waals surface area (Å²) in [6.07, 6.45) is 10.8. The molecule has 90 valence electrons. The topological polar surface area (TPSA) is 21.3 Å². The Morgan fingerprint density at radius 2 is 1.80 bits per heavy atom. The molecule has 15 heavy (non-hydrogen) atoms. The van der Waals surface area contributed by atoms with Crippen molar-refractivity contribution in [2.45, 2.75) is 57.6 Å². The molecule has 1 rings (SSSR count). The minimum atomic E-state index is 0.360. The first-order valence-corrected chi connectivity index (χ1v) is 7.46. The standard InChI is InChI=1S/C12H24BrNO/c13-9-5-3-1-2-4-6-11-15-12-8-7-10-14-12/h12,14H,1-11H2. The smallest absolute Gasteiger partial charge is 0.108 e. The number of ether oxygens (including phenoxy) is 1. The third-order valence-electron chi connectivity index (χ3n) is 2.86. The van der Waals surface area contributed by atoms with Gasteiger partial charge in [0.25, 0.3) is 0 Å². The molecule has 0 aromatic heterocycles. The highest BCUT2D eigenvalue weighted by atomic mass is 79.9. The van der Waals surface area contributed by atoms with Crippen molar-refractivity contribution in [2.24, 2.45) is 0 Å². The zero-order valence-electron chi connectivity index (χ0n) is 9.64. The maximum absolute atomic E-state index is 5.71. The van der Waals surface area contributed by atoms with Crippen molar-refractivity contribution in [1.82, 2.24) is 5.32 Å². The number of hydrogen-bond donors (Lipinski definition) is 1. The third kappa shape index (κ3) is 7.31. The summed E-state index contributed by atoms with van der Waals surface area (Å²) in [5.74, 6) is 0. The van der Waals surface area contributed by atoms with Gasteiger partial charge in [0.2, 0.25) is 0 Å². The summed E-state index contributed by atoms with van der Waals surface area (Å²) in [4.78, 5) is 0. The molecule has 2 nitrogen and oxygen atoms in total. The Bertz CT molecular complexity index is 138. The van der Waals surface area contributed by atoms with E-state index in [1.807, 2.05) is 0 Å². The van der Waals surface area contributed by atoms with Crippen LogP contribution in [0.4, 0.5) is 0 Å². The summed E-state index contributed by atoms with van der Waals surface area (Å²) in [7, 11) is 0. The lowest BCUT2D eigenvalue weighted by Crippen LogP contribution is -2.24. The van der Waals surface area contributed by atoms with Crippen LogP contribution in [0, 0.1) is 0 Å². The van der Waals surface area contributed by atoms with Crippen LogP contribution in [-0.2, 0) is 4.74 Å². The number of nitrogens with one attached hydrogen (secondary N) is 1. The minimum Gasteiger partial charge on any atom is -0.363 e.